The van der Waals surface area contributed by atoms with Gasteiger partial charge in [-0.15, -0.1) is 0 Å². The summed E-state index contributed by atoms with van der Waals surface area (Å²) in [5, 5.41) is 2.90. The number of guanidine groups is 1. The standard InChI is InChI=1S/C14H24N4O2/c1-17(2)13-15-12(19)14(16-13)4-6-18(7-5-14)9-11-3-8-20-10-11/h11H,3-10H2,1-2H3,(H,15,16,19). The van der Waals surface area contributed by atoms with E-state index in [2.05, 4.69) is 15.2 Å². The third-order valence-corrected chi connectivity index (χ3v) is 4.62. The Morgan fingerprint density at radius 2 is 2.20 bits per heavy atom. The molecule has 1 unspecified atom stereocenters. The van der Waals surface area contributed by atoms with Crippen LogP contribution in [0, 0.1) is 5.92 Å². The number of likely N-dealkylation sites (tertiary alicyclic amines) is 1. The normalized spacial score (nSPS) is 29.6. The summed E-state index contributed by atoms with van der Waals surface area (Å²) in [6.07, 6.45) is 2.82. The molecule has 6 heteroatoms. The predicted molar refractivity (Wildman–Crippen MR) is 76.6 cm³/mol. The zero-order valence-electron chi connectivity index (χ0n) is 12.4. The second kappa shape index (κ2) is 5.33. The van der Waals surface area contributed by atoms with Crippen molar-refractivity contribution in [2.75, 3.05) is 46.9 Å². The number of carbonyl (C=O) groups excluding carboxylic acids is 1. The summed E-state index contributed by atoms with van der Waals surface area (Å²) in [5.74, 6) is 1.44. The van der Waals surface area contributed by atoms with Crippen LogP contribution in [0.25, 0.3) is 0 Å². The van der Waals surface area contributed by atoms with Gasteiger partial charge in [0.1, 0.15) is 5.54 Å². The number of rotatable bonds is 2. The van der Waals surface area contributed by atoms with E-state index in [0.717, 1.165) is 45.7 Å². The topological polar surface area (TPSA) is 57.2 Å². The number of ether oxygens (including phenoxy) is 1. The van der Waals surface area contributed by atoms with Gasteiger partial charge in [-0.2, -0.15) is 0 Å². The summed E-state index contributed by atoms with van der Waals surface area (Å²) in [5.41, 5.74) is -0.512. The maximum atomic E-state index is 12.2. The van der Waals surface area contributed by atoms with Crippen LogP contribution >= 0.6 is 0 Å². The van der Waals surface area contributed by atoms with Crippen LogP contribution in [-0.4, -0.2) is 74.1 Å². The minimum Gasteiger partial charge on any atom is -0.381 e. The molecule has 0 aromatic carbocycles. The number of hydrogen-bond acceptors (Lipinski definition) is 5. The lowest BCUT2D eigenvalue weighted by molar-refractivity contribution is -0.125. The van der Waals surface area contributed by atoms with Crippen LogP contribution in [0.2, 0.25) is 0 Å². The smallest absolute Gasteiger partial charge is 0.254 e. The lowest BCUT2D eigenvalue weighted by atomic mass is 9.87. The molecule has 0 radical (unpaired) electrons. The molecule has 0 aromatic heterocycles. The van der Waals surface area contributed by atoms with Gasteiger partial charge in [0.2, 0.25) is 5.96 Å². The first kappa shape index (κ1) is 13.8. The molecular weight excluding hydrogens is 256 g/mol. The Balaban J connectivity index is 1.58. The van der Waals surface area contributed by atoms with E-state index >= 15 is 0 Å². The molecule has 0 saturated carbocycles. The molecule has 0 bridgehead atoms. The Bertz CT molecular complexity index is 407. The quantitative estimate of drug-likeness (QED) is 0.768. The van der Waals surface area contributed by atoms with Crippen LogP contribution in [0.1, 0.15) is 19.3 Å². The highest BCUT2D eigenvalue weighted by Crippen LogP contribution is 2.30. The molecule has 3 aliphatic rings. The zero-order valence-corrected chi connectivity index (χ0v) is 12.4. The van der Waals surface area contributed by atoms with Crippen LogP contribution in [0.5, 0.6) is 0 Å². The van der Waals surface area contributed by atoms with E-state index in [-0.39, 0.29) is 5.91 Å². The van der Waals surface area contributed by atoms with Crippen molar-refractivity contribution in [2.24, 2.45) is 10.9 Å². The van der Waals surface area contributed by atoms with Gasteiger partial charge in [0.05, 0.1) is 6.61 Å². The van der Waals surface area contributed by atoms with Crippen molar-refractivity contribution in [3.63, 3.8) is 0 Å². The average molecular weight is 280 g/mol. The second-order valence-electron chi connectivity index (χ2n) is 6.35. The third kappa shape index (κ3) is 2.54. The van der Waals surface area contributed by atoms with E-state index in [4.69, 9.17) is 4.74 Å². The van der Waals surface area contributed by atoms with Gasteiger partial charge in [-0.1, -0.05) is 0 Å². The van der Waals surface area contributed by atoms with Gasteiger partial charge in [-0.05, 0) is 25.2 Å². The fraction of sp³-hybridized carbons (Fsp3) is 0.857. The van der Waals surface area contributed by atoms with Crippen molar-refractivity contribution in [3.8, 4) is 0 Å². The predicted octanol–water partition coefficient (Wildman–Crippen LogP) is -0.0951. The van der Waals surface area contributed by atoms with Gasteiger partial charge in [0.25, 0.3) is 5.91 Å². The summed E-state index contributed by atoms with van der Waals surface area (Å²) in [6.45, 7) is 4.80. The van der Waals surface area contributed by atoms with Gasteiger partial charge in [0, 0.05) is 40.3 Å². The number of carbonyl (C=O) groups is 1. The first-order valence-electron chi connectivity index (χ1n) is 7.48. The minimum absolute atomic E-state index is 0.0741. The fourth-order valence-corrected chi connectivity index (χ4v) is 3.25. The zero-order chi connectivity index (χ0) is 14.2. The molecule has 3 heterocycles. The molecule has 3 aliphatic heterocycles. The number of nitrogens with one attached hydrogen (secondary N) is 1. The summed E-state index contributed by atoms with van der Waals surface area (Å²) >= 11 is 0. The molecule has 2 saturated heterocycles. The number of aliphatic imine (C=N–C) groups is 1. The Morgan fingerprint density at radius 1 is 1.45 bits per heavy atom. The van der Waals surface area contributed by atoms with Crippen molar-refractivity contribution in [3.05, 3.63) is 0 Å². The van der Waals surface area contributed by atoms with Crippen molar-refractivity contribution < 1.29 is 9.53 Å². The minimum atomic E-state index is -0.512. The van der Waals surface area contributed by atoms with Crippen molar-refractivity contribution in [1.82, 2.24) is 15.1 Å². The van der Waals surface area contributed by atoms with E-state index < -0.39 is 5.54 Å². The highest BCUT2D eigenvalue weighted by molar-refractivity contribution is 6.07. The Labute approximate surface area is 120 Å². The molecule has 1 atom stereocenters. The summed E-state index contributed by atoms with van der Waals surface area (Å²) in [4.78, 5) is 21.2. The fourth-order valence-electron chi connectivity index (χ4n) is 3.25. The highest BCUT2D eigenvalue weighted by Gasteiger charge is 2.46. The van der Waals surface area contributed by atoms with E-state index in [1.54, 1.807) is 0 Å². The average Bonchev–Trinajstić information content (AvgIpc) is 3.02. The molecule has 2 fully saturated rings. The monoisotopic (exact) mass is 280 g/mol. The molecule has 3 rings (SSSR count). The number of hydrogen-bond donors (Lipinski definition) is 1. The van der Waals surface area contributed by atoms with E-state index in [0.29, 0.717) is 11.9 Å². The lowest BCUT2D eigenvalue weighted by Gasteiger charge is -2.36. The first-order valence-corrected chi connectivity index (χ1v) is 7.48. The van der Waals surface area contributed by atoms with E-state index in [1.165, 1.54) is 6.42 Å². The van der Waals surface area contributed by atoms with Crippen molar-refractivity contribution in [1.29, 1.82) is 0 Å². The third-order valence-electron chi connectivity index (χ3n) is 4.62. The van der Waals surface area contributed by atoms with Gasteiger partial charge in [-0.3, -0.25) is 10.1 Å². The summed E-state index contributed by atoms with van der Waals surface area (Å²) in [6, 6.07) is 0. The molecule has 6 nitrogen and oxygen atoms in total. The van der Waals surface area contributed by atoms with Crippen LogP contribution in [-0.2, 0) is 9.53 Å². The Hall–Kier alpha value is -1.14. The molecule has 112 valence electrons. The van der Waals surface area contributed by atoms with Gasteiger partial charge >= 0.3 is 0 Å². The second-order valence-corrected chi connectivity index (χ2v) is 6.35. The van der Waals surface area contributed by atoms with E-state index in [9.17, 15) is 4.79 Å². The molecule has 20 heavy (non-hydrogen) atoms. The molecule has 1 N–H and O–H groups in total. The molecule has 0 aliphatic carbocycles. The van der Waals surface area contributed by atoms with Gasteiger partial charge in [0.15, 0.2) is 0 Å². The van der Waals surface area contributed by atoms with Crippen LogP contribution < -0.4 is 5.32 Å². The number of amides is 1. The van der Waals surface area contributed by atoms with Crippen molar-refractivity contribution in [2.45, 2.75) is 24.8 Å². The summed E-state index contributed by atoms with van der Waals surface area (Å²) < 4.78 is 5.43. The number of piperidine rings is 1. The summed E-state index contributed by atoms with van der Waals surface area (Å²) in [7, 11) is 3.82. The Kier molecular flexibility index (Phi) is 3.69. The Morgan fingerprint density at radius 3 is 2.75 bits per heavy atom. The SMILES string of the molecule is CN(C)C1=NC2(CCN(CC3CCOC3)CC2)C(=O)N1. The van der Waals surface area contributed by atoms with Gasteiger partial charge < -0.3 is 14.5 Å². The van der Waals surface area contributed by atoms with Crippen LogP contribution in [0.3, 0.4) is 0 Å². The first-order chi connectivity index (χ1) is 9.59. The lowest BCUT2D eigenvalue weighted by Crippen LogP contribution is -2.50. The number of nitrogens with zero attached hydrogens (tertiary/aromatic N) is 3. The van der Waals surface area contributed by atoms with Gasteiger partial charge in [-0.25, -0.2) is 4.99 Å². The highest BCUT2D eigenvalue weighted by atomic mass is 16.5. The maximum absolute atomic E-state index is 12.2. The molecular formula is C14H24N4O2. The van der Waals surface area contributed by atoms with E-state index in [1.807, 2.05) is 19.0 Å². The van der Waals surface area contributed by atoms with Crippen molar-refractivity contribution >= 4 is 11.9 Å². The van der Waals surface area contributed by atoms with Crippen LogP contribution in [0.4, 0.5) is 0 Å². The maximum Gasteiger partial charge on any atom is 0.254 e. The van der Waals surface area contributed by atoms with Crippen LogP contribution in [0.15, 0.2) is 4.99 Å². The molecule has 1 spiro atoms. The molecule has 1 amide bonds. The molecule has 0 aromatic rings. The largest absolute Gasteiger partial charge is 0.381 e.